The van der Waals surface area contributed by atoms with E-state index < -0.39 is 6.04 Å². The van der Waals surface area contributed by atoms with Crippen LogP contribution in [0.25, 0.3) is 22.4 Å². The maximum absolute atomic E-state index is 13.4. The minimum atomic E-state index is -0.792. The summed E-state index contributed by atoms with van der Waals surface area (Å²) < 4.78 is 0. The first kappa shape index (κ1) is 31.9. The second kappa shape index (κ2) is 13.7. The second-order valence-corrected chi connectivity index (χ2v) is 13.8. The SMILES string of the molecule is CC(C)(C)c1ccc(-c2ccccc2C(=O)Nc2nc(-c3ccc(C(=O)N[C@H](C(=O)NCC4CC4)c4ccccc4)cc3)cs2)cc1. The molecule has 1 aliphatic rings. The van der Waals surface area contributed by atoms with Crippen LogP contribution in [0.5, 0.6) is 0 Å². The predicted molar refractivity (Wildman–Crippen MR) is 188 cm³/mol. The van der Waals surface area contributed by atoms with E-state index in [9.17, 15) is 14.4 Å². The van der Waals surface area contributed by atoms with Crippen molar-refractivity contribution in [2.24, 2.45) is 5.92 Å². The van der Waals surface area contributed by atoms with E-state index >= 15 is 0 Å². The number of amides is 3. The Bertz CT molecular complexity index is 1870. The summed E-state index contributed by atoms with van der Waals surface area (Å²) in [6.07, 6.45) is 2.26. The molecule has 1 saturated carbocycles. The molecule has 1 heterocycles. The Morgan fingerprint density at radius 3 is 2.15 bits per heavy atom. The van der Waals surface area contributed by atoms with Crippen LogP contribution in [-0.2, 0) is 10.2 Å². The molecule has 0 unspecified atom stereocenters. The summed E-state index contributed by atoms with van der Waals surface area (Å²) in [6.45, 7) is 7.16. The molecular formula is C39H38N4O3S. The summed E-state index contributed by atoms with van der Waals surface area (Å²) in [5, 5.41) is 11.2. The van der Waals surface area contributed by atoms with Crippen LogP contribution in [-0.4, -0.2) is 29.3 Å². The molecule has 1 aliphatic carbocycles. The van der Waals surface area contributed by atoms with E-state index in [1.54, 1.807) is 12.1 Å². The lowest BCUT2D eigenvalue weighted by Gasteiger charge is -2.19. The molecule has 0 radical (unpaired) electrons. The summed E-state index contributed by atoms with van der Waals surface area (Å²) in [4.78, 5) is 44.3. The molecule has 238 valence electrons. The van der Waals surface area contributed by atoms with Crippen LogP contribution >= 0.6 is 11.3 Å². The predicted octanol–water partition coefficient (Wildman–Crippen LogP) is 8.02. The number of anilines is 1. The first-order valence-electron chi connectivity index (χ1n) is 15.9. The van der Waals surface area contributed by atoms with E-state index in [1.807, 2.05) is 72.1 Å². The number of nitrogens with zero attached hydrogens (tertiary/aromatic N) is 1. The summed E-state index contributed by atoms with van der Waals surface area (Å²) in [6, 6.07) is 31.4. The zero-order valence-corrected chi connectivity index (χ0v) is 27.6. The Morgan fingerprint density at radius 1 is 0.809 bits per heavy atom. The van der Waals surface area contributed by atoms with E-state index in [-0.39, 0.29) is 23.1 Å². The van der Waals surface area contributed by atoms with Crippen molar-refractivity contribution in [3.8, 4) is 22.4 Å². The standard InChI is InChI=1S/C39H38N4O3S/c1-39(2,3)30-21-19-26(20-22-30)31-11-7-8-12-32(31)36(45)43-38-41-33(24-47-38)27-15-17-29(18-16-27)35(44)42-34(28-9-5-4-6-10-28)37(46)40-23-25-13-14-25/h4-12,15-22,24-25,34H,13-14,23H2,1-3H3,(H,40,46)(H,42,44)(H,41,43,45)/t34-/m0/s1. The number of rotatable bonds is 10. The van der Waals surface area contributed by atoms with Crippen LogP contribution in [0, 0.1) is 5.92 Å². The normalized spacial score (nSPS) is 13.4. The molecule has 3 N–H and O–H groups in total. The van der Waals surface area contributed by atoms with Gasteiger partial charge in [-0.15, -0.1) is 11.3 Å². The van der Waals surface area contributed by atoms with Gasteiger partial charge in [0.25, 0.3) is 11.8 Å². The highest BCUT2D eigenvalue weighted by Crippen LogP contribution is 2.31. The van der Waals surface area contributed by atoms with Gasteiger partial charge in [-0.05, 0) is 64.6 Å². The van der Waals surface area contributed by atoms with Crippen molar-refractivity contribution >= 4 is 34.2 Å². The average Bonchev–Trinajstić information content (AvgIpc) is 3.81. The van der Waals surface area contributed by atoms with Gasteiger partial charge in [0.05, 0.1) is 5.69 Å². The molecule has 0 spiro atoms. The Kier molecular flexibility index (Phi) is 9.31. The molecule has 5 aromatic rings. The first-order chi connectivity index (χ1) is 22.7. The molecule has 0 aliphatic heterocycles. The maximum atomic E-state index is 13.4. The maximum Gasteiger partial charge on any atom is 0.258 e. The average molecular weight is 643 g/mol. The van der Waals surface area contributed by atoms with Crippen LogP contribution in [0.2, 0.25) is 0 Å². The lowest BCUT2D eigenvalue weighted by Crippen LogP contribution is -2.41. The second-order valence-electron chi connectivity index (χ2n) is 12.9. The Hall–Kier alpha value is -5.08. The van der Waals surface area contributed by atoms with Crippen molar-refractivity contribution in [2.45, 2.75) is 45.1 Å². The van der Waals surface area contributed by atoms with E-state index in [2.05, 4.69) is 66.0 Å². The molecule has 6 rings (SSSR count). The molecule has 0 saturated heterocycles. The quantitative estimate of drug-likeness (QED) is 0.144. The highest BCUT2D eigenvalue weighted by Gasteiger charge is 2.27. The van der Waals surface area contributed by atoms with Gasteiger partial charge in [0.2, 0.25) is 5.91 Å². The number of aromatic nitrogens is 1. The van der Waals surface area contributed by atoms with Crippen LogP contribution in [0.3, 0.4) is 0 Å². The zero-order valence-electron chi connectivity index (χ0n) is 26.7. The topological polar surface area (TPSA) is 100 Å². The van der Waals surface area contributed by atoms with Crippen molar-refractivity contribution in [1.29, 1.82) is 0 Å². The lowest BCUT2D eigenvalue weighted by atomic mass is 9.86. The Balaban J connectivity index is 1.12. The van der Waals surface area contributed by atoms with Crippen molar-refractivity contribution in [1.82, 2.24) is 15.6 Å². The third-order valence-electron chi connectivity index (χ3n) is 8.33. The number of hydrogen-bond acceptors (Lipinski definition) is 5. The van der Waals surface area contributed by atoms with E-state index in [0.717, 1.165) is 35.1 Å². The Labute approximate surface area is 279 Å². The highest BCUT2D eigenvalue weighted by molar-refractivity contribution is 7.14. The Morgan fingerprint density at radius 2 is 1.47 bits per heavy atom. The van der Waals surface area contributed by atoms with Crippen LogP contribution in [0.4, 0.5) is 5.13 Å². The monoisotopic (exact) mass is 642 g/mol. The number of benzene rings is 4. The molecule has 1 aromatic heterocycles. The van der Waals surface area contributed by atoms with Crippen molar-refractivity contribution in [3.63, 3.8) is 0 Å². The van der Waals surface area contributed by atoms with Crippen molar-refractivity contribution in [3.05, 3.63) is 131 Å². The van der Waals surface area contributed by atoms with Gasteiger partial charge in [0.15, 0.2) is 5.13 Å². The van der Waals surface area contributed by atoms with Crippen molar-refractivity contribution < 1.29 is 14.4 Å². The lowest BCUT2D eigenvalue weighted by molar-refractivity contribution is -0.123. The summed E-state index contributed by atoms with van der Waals surface area (Å²) in [5.41, 5.74) is 6.32. The summed E-state index contributed by atoms with van der Waals surface area (Å²) >= 11 is 1.34. The molecule has 7 nitrogen and oxygen atoms in total. The van der Waals surface area contributed by atoms with Crippen LogP contribution < -0.4 is 16.0 Å². The van der Waals surface area contributed by atoms with Gasteiger partial charge in [-0.25, -0.2) is 4.98 Å². The first-order valence-corrected chi connectivity index (χ1v) is 16.7. The number of carbonyl (C=O) groups is 3. The largest absolute Gasteiger partial charge is 0.354 e. The fourth-order valence-corrected chi connectivity index (χ4v) is 6.05. The molecule has 3 amide bonds. The molecular weight excluding hydrogens is 605 g/mol. The number of thiazole rings is 1. The van der Waals surface area contributed by atoms with Gasteiger partial charge < -0.3 is 10.6 Å². The van der Waals surface area contributed by atoms with Gasteiger partial charge >= 0.3 is 0 Å². The van der Waals surface area contributed by atoms with E-state index in [0.29, 0.717) is 34.4 Å². The minimum Gasteiger partial charge on any atom is -0.354 e. The van der Waals surface area contributed by atoms with Crippen molar-refractivity contribution in [2.75, 3.05) is 11.9 Å². The van der Waals surface area contributed by atoms with Gasteiger partial charge in [-0.1, -0.05) is 106 Å². The third-order valence-corrected chi connectivity index (χ3v) is 9.09. The number of hydrogen-bond donors (Lipinski definition) is 3. The molecule has 1 atom stereocenters. The third kappa shape index (κ3) is 7.84. The van der Waals surface area contributed by atoms with Crippen LogP contribution in [0.15, 0.2) is 109 Å². The molecule has 1 fully saturated rings. The molecule has 8 heteroatoms. The van der Waals surface area contributed by atoms with Gasteiger partial charge in [-0.2, -0.15) is 0 Å². The summed E-state index contributed by atoms with van der Waals surface area (Å²) in [5.74, 6) is -0.260. The zero-order chi connectivity index (χ0) is 33.0. The van der Waals surface area contributed by atoms with Gasteiger partial charge in [0, 0.05) is 28.6 Å². The minimum absolute atomic E-state index is 0.0446. The number of nitrogens with one attached hydrogen (secondary N) is 3. The van der Waals surface area contributed by atoms with Crippen LogP contribution in [0.1, 0.15) is 71.5 Å². The van der Waals surface area contributed by atoms with E-state index in [1.165, 1.54) is 16.9 Å². The van der Waals surface area contributed by atoms with E-state index in [4.69, 9.17) is 0 Å². The molecule has 47 heavy (non-hydrogen) atoms. The fraction of sp³-hybridized carbons (Fsp3) is 0.231. The molecule has 0 bridgehead atoms. The fourth-order valence-electron chi connectivity index (χ4n) is 5.33. The van der Waals surface area contributed by atoms with Gasteiger partial charge in [-0.3, -0.25) is 19.7 Å². The number of carbonyl (C=O) groups excluding carboxylic acids is 3. The molecule has 4 aromatic carbocycles. The van der Waals surface area contributed by atoms with Gasteiger partial charge in [0.1, 0.15) is 6.04 Å². The highest BCUT2D eigenvalue weighted by atomic mass is 32.1. The smallest absolute Gasteiger partial charge is 0.258 e. The summed E-state index contributed by atoms with van der Waals surface area (Å²) in [7, 11) is 0.